The Labute approximate surface area is 86.6 Å². The molecule has 1 aliphatic heterocycles. The van der Waals surface area contributed by atoms with Gasteiger partial charge in [0.15, 0.2) is 0 Å². The molecule has 0 spiro atoms. The van der Waals surface area contributed by atoms with E-state index in [0.29, 0.717) is 16.8 Å². The smallest absolute Gasteiger partial charge is 0.261 e. The lowest BCUT2D eigenvalue weighted by Crippen LogP contribution is -2.34. The van der Waals surface area contributed by atoms with Crippen molar-refractivity contribution in [2.24, 2.45) is 5.73 Å². The van der Waals surface area contributed by atoms with Crippen LogP contribution in [0.5, 0.6) is 0 Å². The number of benzene rings is 1. The van der Waals surface area contributed by atoms with Gasteiger partial charge < -0.3 is 11.5 Å². The Morgan fingerprint density at radius 1 is 1.13 bits per heavy atom. The number of hydrogen-bond acceptors (Lipinski definition) is 4. The molecule has 0 aromatic heterocycles. The largest absolute Gasteiger partial charge is 0.399 e. The van der Waals surface area contributed by atoms with Crippen LogP contribution in [0.25, 0.3) is 0 Å². The highest BCUT2D eigenvalue weighted by molar-refractivity contribution is 6.21. The second-order valence-corrected chi connectivity index (χ2v) is 3.36. The molecule has 5 nitrogen and oxygen atoms in total. The molecule has 1 heterocycles. The van der Waals surface area contributed by atoms with Gasteiger partial charge in [-0.1, -0.05) is 0 Å². The topological polar surface area (TPSA) is 89.4 Å². The lowest BCUT2D eigenvalue weighted by molar-refractivity contribution is 0.0659. The molecule has 15 heavy (non-hydrogen) atoms. The summed E-state index contributed by atoms with van der Waals surface area (Å²) in [6.07, 6.45) is 0. The van der Waals surface area contributed by atoms with E-state index in [1.165, 1.54) is 6.07 Å². The lowest BCUT2D eigenvalue weighted by Gasteiger charge is -2.11. The van der Waals surface area contributed by atoms with Crippen LogP contribution < -0.4 is 11.5 Å². The second-order valence-electron chi connectivity index (χ2n) is 3.36. The summed E-state index contributed by atoms with van der Waals surface area (Å²) in [5.41, 5.74) is 12.1. The van der Waals surface area contributed by atoms with Crippen LogP contribution in [0.4, 0.5) is 5.69 Å². The molecule has 1 aromatic rings. The molecule has 4 N–H and O–H groups in total. The number of rotatable bonds is 2. The molecule has 1 aliphatic rings. The van der Waals surface area contributed by atoms with Gasteiger partial charge in [-0.2, -0.15) is 0 Å². The number of fused-ring (bicyclic) bond motifs is 1. The minimum atomic E-state index is -0.312. The summed E-state index contributed by atoms with van der Waals surface area (Å²) in [5.74, 6) is -0.604. The third kappa shape index (κ3) is 1.37. The van der Waals surface area contributed by atoms with Crippen molar-refractivity contribution >= 4 is 17.5 Å². The Balaban J connectivity index is 2.46. The van der Waals surface area contributed by atoms with Gasteiger partial charge in [-0.15, -0.1) is 0 Å². The monoisotopic (exact) mass is 205 g/mol. The number of imide groups is 1. The van der Waals surface area contributed by atoms with Crippen molar-refractivity contribution in [2.45, 2.75) is 0 Å². The molecule has 0 atom stereocenters. The second kappa shape index (κ2) is 3.36. The molecule has 0 aliphatic carbocycles. The molecular weight excluding hydrogens is 194 g/mol. The van der Waals surface area contributed by atoms with E-state index in [0.717, 1.165) is 4.90 Å². The molecule has 0 fully saturated rings. The first-order valence-corrected chi connectivity index (χ1v) is 4.61. The predicted molar refractivity (Wildman–Crippen MR) is 55.3 cm³/mol. The molecule has 0 unspecified atom stereocenters. The highest BCUT2D eigenvalue weighted by Crippen LogP contribution is 2.24. The summed E-state index contributed by atoms with van der Waals surface area (Å²) in [4.78, 5) is 24.6. The number of amides is 2. The van der Waals surface area contributed by atoms with E-state index in [2.05, 4.69) is 0 Å². The number of carbonyl (C=O) groups excluding carboxylic acids is 2. The highest BCUT2D eigenvalue weighted by atomic mass is 16.2. The molecule has 1 aromatic carbocycles. The minimum Gasteiger partial charge on any atom is -0.399 e. The molecule has 2 rings (SSSR count). The fourth-order valence-corrected chi connectivity index (χ4v) is 1.64. The van der Waals surface area contributed by atoms with Crippen molar-refractivity contribution < 1.29 is 9.59 Å². The van der Waals surface area contributed by atoms with Crippen LogP contribution in [0, 0.1) is 0 Å². The molecule has 0 radical (unpaired) electrons. The van der Waals surface area contributed by atoms with E-state index >= 15 is 0 Å². The zero-order chi connectivity index (χ0) is 11.0. The predicted octanol–water partition coefficient (Wildman–Crippen LogP) is -0.177. The standard InChI is InChI=1S/C10H11N3O2/c11-3-4-13-9(14)7-2-1-6(12)5-8(7)10(13)15/h1-2,5H,3-4,11-12H2. The van der Waals surface area contributed by atoms with Crippen LogP contribution in [0.3, 0.4) is 0 Å². The summed E-state index contributed by atoms with van der Waals surface area (Å²) in [5, 5.41) is 0. The third-order valence-electron chi connectivity index (χ3n) is 2.35. The van der Waals surface area contributed by atoms with E-state index in [1.807, 2.05) is 0 Å². The molecule has 0 bridgehead atoms. The Kier molecular flexibility index (Phi) is 2.17. The number of hydrogen-bond donors (Lipinski definition) is 2. The molecule has 0 saturated carbocycles. The van der Waals surface area contributed by atoms with Crippen molar-refractivity contribution in [1.82, 2.24) is 4.90 Å². The Hall–Kier alpha value is -1.88. The minimum absolute atomic E-state index is 0.242. The first kappa shape index (κ1) is 9.67. The average Bonchev–Trinajstić information content (AvgIpc) is 2.44. The van der Waals surface area contributed by atoms with E-state index < -0.39 is 0 Å². The normalized spacial score (nSPS) is 14.6. The summed E-state index contributed by atoms with van der Waals surface area (Å²) in [6, 6.07) is 4.70. The molecule has 2 amide bonds. The number of anilines is 1. The maximum Gasteiger partial charge on any atom is 0.261 e. The van der Waals surface area contributed by atoms with E-state index in [-0.39, 0.29) is 24.9 Å². The van der Waals surface area contributed by atoms with Crippen molar-refractivity contribution in [3.63, 3.8) is 0 Å². The lowest BCUT2D eigenvalue weighted by atomic mass is 10.1. The Morgan fingerprint density at radius 3 is 2.47 bits per heavy atom. The van der Waals surface area contributed by atoms with Crippen LogP contribution in [0.15, 0.2) is 18.2 Å². The van der Waals surface area contributed by atoms with E-state index in [9.17, 15) is 9.59 Å². The van der Waals surface area contributed by atoms with Crippen molar-refractivity contribution in [3.05, 3.63) is 29.3 Å². The van der Waals surface area contributed by atoms with E-state index in [4.69, 9.17) is 11.5 Å². The summed E-state index contributed by atoms with van der Waals surface area (Å²) < 4.78 is 0. The van der Waals surface area contributed by atoms with Gasteiger partial charge in [-0.3, -0.25) is 14.5 Å². The van der Waals surface area contributed by atoms with Gasteiger partial charge in [0.2, 0.25) is 0 Å². The zero-order valence-electron chi connectivity index (χ0n) is 8.06. The van der Waals surface area contributed by atoms with Crippen LogP contribution in [-0.2, 0) is 0 Å². The van der Waals surface area contributed by atoms with Crippen molar-refractivity contribution in [1.29, 1.82) is 0 Å². The van der Waals surface area contributed by atoms with Gasteiger partial charge in [0.25, 0.3) is 11.8 Å². The number of nitrogens with two attached hydrogens (primary N) is 2. The van der Waals surface area contributed by atoms with Crippen LogP contribution in [-0.4, -0.2) is 29.8 Å². The number of nitrogens with zero attached hydrogens (tertiary/aromatic N) is 1. The van der Waals surface area contributed by atoms with Gasteiger partial charge >= 0.3 is 0 Å². The van der Waals surface area contributed by atoms with Crippen LogP contribution in [0.1, 0.15) is 20.7 Å². The summed E-state index contributed by atoms with van der Waals surface area (Å²) in [7, 11) is 0. The SMILES string of the molecule is NCCN1C(=O)c2ccc(N)cc2C1=O. The van der Waals surface area contributed by atoms with Crippen molar-refractivity contribution in [3.8, 4) is 0 Å². The van der Waals surface area contributed by atoms with Gasteiger partial charge in [-0.25, -0.2) is 0 Å². The average molecular weight is 205 g/mol. The van der Waals surface area contributed by atoms with Gasteiger partial charge in [0.1, 0.15) is 0 Å². The summed E-state index contributed by atoms with van der Waals surface area (Å²) in [6.45, 7) is 0.507. The maximum absolute atomic E-state index is 11.7. The fraction of sp³-hybridized carbons (Fsp3) is 0.200. The quantitative estimate of drug-likeness (QED) is 0.518. The van der Waals surface area contributed by atoms with Gasteiger partial charge in [-0.05, 0) is 18.2 Å². The molecule has 5 heteroatoms. The summed E-state index contributed by atoms with van der Waals surface area (Å²) >= 11 is 0. The van der Waals surface area contributed by atoms with E-state index in [1.54, 1.807) is 12.1 Å². The first-order chi connectivity index (χ1) is 7.15. The number of nitrogen functional groups attached to an aromatic ring is 1. The highest BCUT2D eigenvalue weighted by Gasteiger charge is 2.34. The first-order valence-electron chi connectivity index (χ1n) is 4.61. The van der Waals surface area contributed by atoms with Crippen LogP contribution in [0.2, 0.25) is 0 Å². The Bertz CT molecular complexity index is 442. The molecular formula is C10H11N3O2. The fourth-order valence-electron chi connectivity index (χ4n) is 1.64. The zero-order valence-corrected chi connectivity index (χ0v) is 8.06. The van der Waals surface area contributed by atoms with Crippen molar-refractivity contribution in [2.75, 3.05) is 18.8 Å². The van der Waals surface area contributed by atoms with Gasteiger partial charge in [0, 0.05) is 18.8 Å². The van der Waals surface area contributed by atoms with Gasteiger partial charge in [0.05, 0.1) is 11.1 Å². The molecule has 78 valence electrons. The third-order valence-corrected chi connectivity index (χ3v) is 2.35. The Morgan fingerprint density at radius 2 is 1.80 bits per heavy atom. The maximum atomic E-state index is 11.7. The van der Waals surface area contributed by atoms with Crippen LogP contribution >= 0.6 is 0 Å². The molecule has 0 saturated heterocycles. The number of carbonyl (C=O) groups is 2.